The second-order valence-electron chi connectivity index (χ2n) is 4.99. The molecule has 1 heteroatoms. The summed E-state index contributed by atoms with van der Waals surface area (Å²) in [7, 11) is 0. The monoisotopic (exact) mass is 190 g/mol. The van der Waals surface area contributed by atoms with E-state index in [0.717, 1.165) is 0 Å². The Morgan fingerprint density at radius 1 is 1.21 bits per heavy atom. The predicted molar refractivity (Wildman–Crippen MR) is 58.2 cm³/mol. The zero-order valence-corrected chi connectivity index (χ0v) is 8.96. The van der Waals surface area contributed by atoms with Crippen LogP contribution in [0.3, 0.4) is 0 Å². The highest BCUT2D eigenvalue weighted by Crippen LogP contribution is 2.59. The van der Waals surface area contributed by atoms with Crippen molar-refractivity contribution in [3.63, 3.8) is 0 Å². The van der Waals surface area contributed by atoms with Crippen molar-refractivity contribution < 1.29 is 5.11 Å². The molecule has 0 saturated heterocycles. The number of hydrogen-bond donors (Lipinski definition) is 1. The second kappa shape index (κ2) is 3.09. The smallest absolute Gasteiger partial charge is 0.0490 e. The zero-order valence-electron chi connectivity index (χ0n) is 8.96. The van der Waals surface area contributed by atoms with E-state index < -0.39 is 0 Å². The minimum atomic E-state index is 0.00829. The zero-order chi connectivity index (χ0) is 10.2. The van der Waals surface area contributed by atoms with Crippen molar-refractivity contribution in [2.24, 2.45) is 5.41 Å². The highest BCUT2D eigenvalue weighted by atomic mass is 16.3. The Kier molecular flexibility index (Phi) is 2.15. The van der Waals surface area contributed by atoms with Crippen LogP contribution in [0.15, 0.2) is 30.3 Å². The molecule has 1 aromatic rings. The van der Waals surface area contributed by atoms with Gasteiger partial charge in [-0.05, 0) is 23.8 Å². The van der Waals surface area contributed by atoms with E-state index in [1.807, 2.05) is 6.07 Å². The van der Waals surface area contributed by atoms with Crippen molar-refractivity contribution in [1.29, 1.82) is 0 Å². The summed E-state index contributed by atoms with van der Waals surface area (Å²) in [4.78, 5) is 0. The molecule has 76 valence electrons. The molecule has 1 N–H and O–H groups in total. The lowest BCUT2D eigenvalue weighted by Crippen LogP contribution is -2.32. The van der Waals surface area contributed by atoms with Crippen molar-refractivity contribution in [1.82, 2.24) is 0 Å². The molecule has 1 aromatic carbocycles. The highest BCUT2D eigenvalue weighted by Gasteiger charge is 2.54. The van der Waals surface area contributed by atoms with Crippen molar-refractivity contribution in [2.75, 3.05) is 6.61 Å². The molecule has 1 aliphatic carbocycles. The van der Waals surface area contributed by atoms with Crippen LogP contribution in [0.25, 0.3) is 0 Å². The third kappa shape index (κ3) is 1.27. The molecule has 0 heterocycles. The van der Waals surface area contributed by atoms with Crippen LogP contribution in [0.1, 0.15) is 32.3 Å². The van der Waals surface area contributed by atoms with Gasteiger partial charge in [-0.15, -0.1) is 0 Å². The van der Waals surface area contributed by atoms with Crippen LogP contribution >= 0.6 is 0 Å². The summed E-state index contributed by atoms with van der Waals surface area (Å²) < 4.78 is 0. The van der Waals surface area contributed by atoms with Gasteiger partial charge in [-0.1, -0.05) is 44.2 Å². The average Bonchev–Trinajstić information content (AvgIpc) is 3.00. The van der Waals surface area contributed by atoms with Crippen LogP contribution in [0.5, 0.6) is 0 Å². The molecule has 1 aliphatic rings. The average molecular weight is 190 g/mol. The lowest BCUT2D eigenvalue weighted by atomic mass is 9.72. The van der Waals surface area contributed by atoms with Crippen LogP contribution in [-0.2, 0) is 5.41 Å². The molecule has 0 aromatic heterocycles. The van der Waals surface area contributed by atoms with E-state index in [-0.39, 0.29) is 17.4 Å². The largest absolute Gasteiger partial charge is 0.396 e. The van der Waals surface area contributed by atoms with Crippen molar-refractivity contribution in [2.45, 2.75) is 32.1 Å². The van der Waals surface area contributed by atoms with Gasteiger partial charge in [0, 0.05) is 12.0 Å². The molecule has 2 rings (SSSR count). The Morgan fingerprint density at radius 3 is 2.21 bits per heavy atom. The number of aliphatic hydroxyl groups excluding tert-OH is 1. The number of aliphatic hydroxyl groups is 1. The first-order valence-electron chi connectivity index (χ1n) is 5.29. The van der Waals surface area contributed by atoms with Gasteiger partial charge >= 0.3 is 0 Å². The van der Waals surface area contributed by atoms with Crippen LogP contribution < -0.4 is 0 Å². The first-order chi connectivity index (χ1) is 6.62. The minimum absolute atomic E-state index is 0.00829. The molecule has 0 bridgehead atoms. The SMILES string of the molecule is CC(C)(CO)C1(c2ccccc2)CC1. The molecular weight excluding hydrogens is 172 g/mol. The fraction of sp³-hybridized carbons (Fsp3) is 0.538. The third-order valence-electron chi connectivity index (χ3n) is 3.77. The molecule has 0 amide bonds. The van der Waals surface area contributed by atoms with E-state index in [4.69, 9.17) is 0 Å². The van der Waals surface area contributed by atoms with Gasteiger partial charge in [0.1, 0.15) is 0 Å². The van der Waals surface area contributed by atoms with Crippen LogP contribution in [0.4, 0.5) is 0 Å². The Balaban J connectivity index is 2.35. The van der Waals surface area contributed by atoms with E-state index in [2.05, 4.69) is 38.1 Å². The molecule has 1 fully saturated rings. The van der Waals surface area contributed by atoms with Crippen molar-refractivity contribution in [3.05, 3.63) is 35.9 Å². The van der Waals surface area contributed by atoms with Gasteiger partial charge < -0.3 is 5.11 Å². The Morgan fingerprint density at radius 2 is 1.79 bits per heavy atom. The fourth-order valence-corrected chi connectivity index (χ4v) is 2.39. The summed E-state index contributed by atoms with van der Waals surface area (Å²) in [5.41, 5.74) is 1.64. The maximum Gasteiger partial charge on any atom is 0.0490 e. The van der Waals surface area contributed by atoms with Gasteiger partial charge in [0.05, 0.1) is 0 Å². The second-order valence-corrected chi connectivity index (χ2v) is 4.99. The fourth-order valence-electron chi connectivity index (χ4n) is 2.39. The third-order valence-corrected chi connectivity index (χ3v) is 3.77. The highest BCUT2D eigenvalue weighted by molar-refractivity contribution is 5.34. The maximum atomic E-state index is 9.43. The van der Waals surface area contributed by atoms with Gasteiger partial charge in [-0.3, -0.25) is 0 Å². The molecule has 0 radical (unpaired) electrons. The summed E-state index contributed by atoms with van der Waals surface area (Å²) in [5, 5.41) is 9.43. The van der Waals surface area contributed by atoms with Gasteiger partial charge in [0.2, 0.25) is 0 Å². The first-order valence-corrected chi connectivity index (χ1v) is 5.29. The Labute approximate surface area is 85.8 Å². The lowest BCUT2D eigenvalue weighted by molar-refractivity contribution is 0.119. The normalized spacial score (nSPS) is 19.4. The van der Waals surface area contributed by atoms with Gasteiger partial charge in [0.15, 0.2) is 0 Å². The van der Waals surface area contributed by atoms with E-state index in [1.54, 1.807) is 0 Å². The minimum Gasteiger partial charge on any atom is -0.396 e. The summed E-state index contributed by atoms with van der Waals surface area (Å²) >= 11 is 0. The van der Waals surface area contributed by atoms with Crippen molar-refractivity contribution in [3.8, 4) is 0 Å². The standard InChI is InChI=1S/C13H18O/c1-12(2,10-14)13(8-9-13)11-6-4-3-5-7-11/h3-7,14H,8-10H2,1-2H3. The van der Waals surface area contributed by atoms with E-state index in [1.165, 1.54) is 18.4 Å². The number of hydrogen-bond acceptors (Lipinski definition) is 1. The molecule has 1 nitrogen and oxygen atoms in total. The molecule has 0 atom stereocenters. The summed E-state index contributed by atoms with van der Waals surface area (Å²) in [6, 6.07) is 10.6. The molecule has 0 unspecified atom stereocenters. The predicted octanol–water partition coefficient (Wildman–Crippen LogP) is 2.74. The van der Waals surface area contributed by atoms with E-state index in [0.29, 0.717) is 0 Å². The van der Waals surface area contributed by atoms with Crippen LogP contribution in [0, 0.1) is 5.41 Å². The van der Waals surface area contributed by atoms with E-state index >= 15 is 0 Å². The maximum absolute atomic E-state index is 9.43. The van der Waals surface area contributed by atoms with Crippen LogP contribution in [-0.4, -0.2) is 11.7 Å². The molecule has 1 saturated carbocycles. The van der Waals surface area contributed by atoms with Crippen LogP contribution in [0.2, 0.25) is 0 Å². The van der Waals surface area contributed by atoms with Gasteiger partial charge in [-0.2, -0.15) is 0 Å². The number of rotatable bonds is 3. The lowest BCUT2D eigenvalue weighted by Gasteiger charge is -2.33. The summed E-state index contributed by atoms with van der Waals surface area (Å²) in [6.07, 6.45) is 2.43. The van der Waals surface area contributed by atoms with Gasteiger partial charge in [-0.25, -0.2) is 0 Å². The first kappa shape index (κ1) is 9.72. The molecule has 0 spiro atoms. The summed E-state index contributed by atoms with van der Waals surface area (Å²) in [5.74, 6) is 0. The Hall–Kier alpha value is -0.820. The molecule has 0 aliphatic heterocycles. The Bertz CT molecular complexity index is 309. The molecule has 14 heavy (non-hydrogen) atoms. The van der Waals surface area contributed by atoms with E-state index in [9.17, 15) is 5.11 Å². The quantitative estimate of drug-likeness (QED) is 0.777. The topological polar surface area (TPSA) is 20.2 Å². The van der Waals surface area contributed by atoms with Gasteiger partial charge in [0.25, 0.3) is 0 Å². The van der Waals surface area contributed by atoms with Crippen molar-refractivity contribution >= 4 is 0 Å². The summed E-state index contributed by atoms with van der Waals surface area (Å²) in [6.45, 7) is 4.59. The molecular formula is C13H18O. The number of benzene rings is 1.